The Bertz CT molecular complexity index is 250. The lowest BCUT2D eigenvalue weighted by atomic mass is 10.3. The molecule has 0 radical (unpaired) electrons. The fourth-order valence-corrected chi connectivity index (χ4v) is 1.40. The van der Waals surface area contributed by atoms with Crippen molar-refractivity contribution in [2.24, 2.45) is 0 Å². The number of hydrogen-bond acceptors (Lipinski definition) is 3. The molecule has 0 N–H and O–H groups in total. The van der Waals surface area contributed by atoms with Crippen molar-refractivity contribution in [2.75, 3.05) is 18.0 Å². The van der Waals surface area contributed by atoms with Crippen LogP contribution in [0, 0.1) is 6.92 Å². The highest BCUT2D eigenvalue weighted by Crippen LogP contribution is 2.07. The van der Waals surface area contributed by atoms with Crippen molar-refractivity contribution < 1.29 is 0 Å². The summed E-state index contributed by atoms with van der Waals surface area (Å²) in [6.45, 7) is 12.4. The second-order valence-corrected chi connectivity index (χ2v) is 3.55. The van der Waals surface area contributed by atoms with Gasteiger partial charge in [0.1, 0.15) is 0 Å². The van der Waals surface area contributed by atoms with Crippen LogP contribution in [0.4, 0.5) is 5.95 Å². The third-order valence-electron chi connectivity index (χ3n) is 2.04. The molecule has 3 nitrogen and oxygen atoms in total. The molecule has 0 aliphatic heterocycles. The summed E-state index contributed by atoms with van der Waals surface area (Å²) in [6.07, 6.45) is 6.02. The van der Waals surface area contributed by atoms with E-state index in [1.807, 2.05) is 33.2 Å². The summed E-state index contributed by atoms with van der Waals surface area (Å²) < 4.78 is 0. The van der Waals surface area contributed by atoms with E-state index in [0.717, 1.165) is 37.4 Å². The number of aromatic nitrogens is 2. The van der Waals surface area contributed by atoms with Crippen LogP contribution in [0.15, 0.2) is 12.4 Å². The Morgan fingerprint density at radius 2 is 1.44 bits per heavy atom. The summed E-state index contributed by atoms with van der Waals surface area (Å²) in [4.78, 5) is 10.9. The fraction of sp³-hybridized carbons (Fsp3) is 0.692. The van der Waals surface area contributed by atoms with Gasteiger partial charge < -0.3 is 4.90 Å². The van der Waals surface area contributed by atoms with Crippen molar-refractivity contribution in [2.45, 2.75) is 47.5 Å². The van der Waals surface area contributed by atoms with E-state index in [0.29, 0.717) is 0 Å². The second-order valence-electron chi connectivity index (χ2n) is 3.55. The minimum Gasteiger partial charge on any atom is -0.341 e. The lowest BCUT2D eigenvalue weighted by Crippen LogP contribution is -2.26. The molecule has 1 heterocycles. The second kappa shape index (κ2) is 9.13. The summed E-state index contributed by atoms with van der Waals surface area (Å²) in [5.74, 6) is 0.860. The van der Waals surface area contributed by atoms with Gasteiger partial charge in [-0.15, -0.1) is 0 Å². The molecule has 1 aromatic heterocycles. The summed E-state index contributed by atoms with van der Waals surface area (Å²) in [5, 5.41) is 0. The van der Waals surface area contributed by atoms with Crippen LogP contribution >= 0.6 is 0 Å². The summed E-state index contributed by atoms with van der Waals surface area (Å²) in [7, 11) is 0. The normalized spacial score (nSPS) is 9.31. The van der Waals surface area contributed by atoms with E-state index in [-0.39, 0.29) is 0 Å². The Balaban J connectivity index is 0.00000106. The SMILES string of the molecule is CC.CCCN(CCC)c1ncc(C)cn1. The highest BCUT2D eigenvalue weighted by atomic mass is 15.2. The lowest BCUT2D eigenvalue weighted by Gasteiger charge is -2.20. The van der Waals surface area contributed by atoms with Gasteiger partial charge in [0.05, 0.1) is 0 Å². The molecule has 0 atom stereocenters. The Morgan fingerprint density at radius 1 is 1.00 bits per heavy atom. The maximum Gasteiger partial charge on any atom is 0.225 e. The molecule has 0 fully saturated rings. The molecule has 0 amide bonds. The van der Waals surface area contributed by atoms with Crippen LogP contribution in [0.3, 0.4) is 0 Å². The van der Waals surface area contributed by atoms with Gasteiger partial charge in [0, 0.05) is 25.5 Å². The molecule has 0 saturated carbocycles. The Labute approximate surface area is 99.9 Å². The summed E-state index contributed by atoms with van der Waals surface area (Å²) >= 11 is 0. The quantitative estimate of drug-likeness (QED) is 0.765. The van der Waals surface area contributed by atoms with E-state index < -0.39 is 0 Å². The third kappa shape index (κ3) is 5.10. The summed E-state index contributed by atoms with van der Waals surface area (Å²) in [6, 6.07) is 0. The van der Waals surface area contributed by atoms with Gasteiger partial charge in [0.15, 0.2) is 0 Å². The maximum absolute atomic E-state index is 4.33. The molecule has 0 aliphatic rings. The summed E-state index contributed by atoms with van der Waals surface area (Å²) in [5.41, 5.74) is 1.11. The fourth-order valence-electron chi connectivity index (χ4n) is 1.40. The van der Waals surface area contributed by atoms with E-state index in [1.54, 1.807) is 0 Å². The van der Waals surface area contributed by atoms with E-state index in [2.05, 4.69) is 28.7 Å². The molecule has 0 aliphatic carbocycles. The van der Waals surface area contributed by atoms with Crippen molar-refractivity contribution in [1.29, 1.82) is 0 Å². The number of aryl methyl sites for hydroxylation is 1. The average molecular weight is 223 g/mol. The van der Waals surface area contributed by atoms with Crippen LogP contribution in [-0.2, 0) is 0 Å². The number of nitrogens with zero attached hydrogens (tertiary/aromatic N) is 3. The van der Waals surface area contributed by atoms with E-state index in [1.165, 1.54) is 0 Å². The number of anilines is 1. The predicted octanol–water partition coefficient (Wildman–Crippen LogP) is 3.44. The molecule has 3 heteroatoms. The molecule has 0 bridgehead atoms. The molecule has 0 saturated heterocycles. The first-order valence-corrected chi connectivity index (χ1v) is 6.31. The van der Waals surface area contributed by atoms with Crippen molar-refractivity contribution in [3.63, 3.8) is 0 Å². The lowest BCUT2D eigenvalue weighted by molar-refractivity contribution is 0.720. The van der Waals surface area contributed by atoms with E-state index in [9.17, 15) is 0 Å². The molecule has 1 aromatic rings. The Hall–Kier alpha value is -1.12. The van der Waals surface area contributed by atoms with Gasteiger partial charge in [-0.05, 0) is 25.3 Å². The van der Waals surface area contributed by atoms with Gasteiger partial charge in [-0.2, -0.15) is 0 Å². The van der Waals surface area contributed by atoms with Crippen molar-refractivity contribution in [1.82, 2.24) is 9.97 Å². The van der Waals surface area contributed by atoms with Gasteiger partial charge in [-0.1, -0.05) is 27.7 Å². The molecule has 92 valence electrons. The zero-order chi connectivity index (χ0) is 12.4. The molecule has 0 unspecified atom stereocenters. The maximum atomic E-state index is 4.33. The molecular weight excluding hydrogens is 198 g/mol. The minimum absolute atomic E-state index is 0.860. The van der Waals surface area contributed by atoms with Gasteiger partial charge in [0.25, 0.3) is 0 Å². The van der Waals surface area contributed by atoms with Gasteiger partial charge in [0.2, 0.25) is 5.95 Å². The average Bonchev–Trinajstić information content (AvgIpc) is 2.32. The van der Waals surface area contributed by atoms with Gasteiger partial charge in [-0.3, -0.25) is 0 Å². The largest absolute Gasteiger partial charge is 0.341 e. The Kier molecular flexibility index (Phi) is 8.49. The monoisotopic (exact) mass is 223 g/mol. The van der Waals surface area contributed by atoms with Crippen LogP contribution in [0.2, 0.25) is 0 Å². The standard InChI is InChI=1S/C11H19N3.C2H6/c1-4-6-14(7-5-2)11-12-8-10(3)9-13-11;1-2/h8-9H,4-7H2,1-3H3;1-2H3. The van der Waals surface area contributed by atoms with Crippen molar-refractivity contribution >= 4 is 5.95 Å². The van der Waals surface area contributed by atoms with Crippen LogP contribution in [0.1, 0.15) is 46.1 Å². The molecule has 16 heavy (non-hydrogen) atoms. The smallest absolute Gasteiger partial charge is 0.225 e. The molecule has 0 spiro atoms. The van der Waals surface area contributed by atoms with E-state index in [4.69, 9.17) is 0 Å². The molecular formula is C13H25N3. The zero-order valence-corrected chi connectivity index (χ0v) is 11.3. The van der Waals surface area contributed by atoms with Gasteiger partial charge in [-0.25, -0.2) is 9.97 Å². The number of hydrogen-bond donors (Lipinski definition) is 0. The topological polar surface area (TPSA) is 29.0 Å². The van der Waals surface area contributed by atoms with Crippen LogP contribution < -0.4 is 4.90 Å². The predicted molar refractivity (Wildman–Crippen MR) is 70.9 cm³/mol. The Morgan fingerprint density at radius 3 is 1.81 bits per heavy atom. The highest BCUT2D eigenvalue weighted by molar-refractivity contribution is 5.29. The first-order valence-electron chi connectivity index (χ1n) is 6.31. The van der Waals surface area contributed by atoms with Crippen molar-refractivity contribution in [3.8, 4) is 0 Å². The number of rotatable bonds is 5. The van der Waals surface area contributed by atoms with E-state index >= 15 is 0 Å². The first-order chi connectivity index (χ1) is 7.77. The van der Waals surface area contributed by atoms with Crippen LogP contribution in [0.5, 0.6) is 0 Å². The van der Waals surface area contributed by atoms with Crippen LogP contribution in [0.25, 0.3) is 0 Å². The minimum atomic E-state index is 0.860. The molecule has 0 aromatic carbocycles. The van der Waals surface area contributed by atoms with Crippen LogP contribution in [-0.4, -0.2) is 23.1 Å². The third-order valence-corrected chi connectivity index (χ3v) is 2.04. The highest BCUT2D eigenvalue weighted by Gasteiger charge is 2.05. The molecule has 1 rings (SSSR count). The zero-order valence-electron chi connectivity index (χ0n) is 11.3. The van der Waals surface area contributed by atoms with Crippen molar-refractivity contribution in [3.05, 3.63) is 18.0 Å². The first kappa shape index (κ1) is 14.9. The van der Waals surface area contributed by atoms with Gasteiger partial charge >= 0.3 is 0 Å².